The van der Waals surface area contributed by atoms with Crippen molar-refractivity contribution in [3.8, 4) is 11.1 Å². The van der Waals surface area contributed by atoms with Crippen molar-refractivity contribution in [2.24, 2.45) is 0 Å². The molecule has 156 valence electrons. The summed E-state index contributed by atoms with van der Waals surface area (Å²) in [6.45, 7) is 0.933. The highest BCUT2D eigenvalue weighted by Crippen LogP contribution is 2.43. The van der Waals surface area contributed by atoms with E-state index >= 15 is 0 Å². The first-order valence-corrected chi connectivity index (χ1v) is 10.4. The number of fused-ring (bicyclic) bond motifs is 2. The summed E-state index contributed by atoms with van der Waals surface area (Å²) < 4.78 is 5.74. The molecule has 0 saturated carbocycles. The number of esters is 1. The highest BCUT2D eigenvalue weighted by atomic mass is 35.5. The summed E-state index contributed by atoms with van der Waals surface area (Å²) in [5, 5.41) is 3.37. The normalized spacial score (nSPS) is 16.7. The van der Waals surface area contributed by atoms with Crippen LogP contribution >= 0.6 is 11.6 Å². The van der Waals surface area contributed by atoms with E-state index in [1.54, 1.807) is 29.4 Å². The average Bonchev–Trinajstić information content (AvgIpc) is 3.06. The van der Waals surface area contributed by atoms with Gasteiger partial charge in [-0.1, -0.05) is 41.9 Å². The van der Waals surface area contributed by atoms with Gasteiger partial charge in [0.1, 0.15) is 5.60 Å². The van der Waals surface area contributed by atoms with Gasteiger partial charge in [0.2, 0.25) is 5.95 Å². The fourth-order valence-electron chi connectivity index (χ4n) is 4.17. The Labute approximate surface area is 184 Å². The van der Waals surface area contributed by atoms with Crippen LogP contribution in [-0.2, 0) is 10.3 Å². The number of nitrogens with one attached hydrogen (secondary N) is 1. The number of anilines is 1. The van der Waals surface area contributed by atoms with Crippen molar-refractivity contribution in [2.45, 2.75) is 18.4 Å². The van der Waals surface area contributed by atoms with E-state index in [1.807, 2.05) is 36.4 Å². The predicted molar refractivity (Wildman–Crippen MR) is 116 cm³/mol. The van der Waals surface area contributed by atoms with Crippen LogP contribution in [0.2, 0.25) is 5.02 Å². The molecular weight excluding hydrogens is 416 g/mol. The fourth-order valence-corrected chi connectivity index (χ4v) is 4.36. The lowest BCUT2D eigenvalue weighted by Gasteiger charge is -2.38. The number of aromatic nitrogens is 2. The molecule has 7 nitrogen and oxygen atoms in total. The van der Waals surface area contributed by atoms with Gasteiger partial charge in [0.25, 0.3) is 0 Å². The van der Waals surface area contributed by atoms with Gasteiger partial charge < -0.3 is 9.64 Å². The molecule has 2 amide bonds. The number of urea groups is 1. The minimum Gasteiger partial charge on any atom is -0.450 e. The Balaban J connectivity index is 1.23. The van der Waals surface area contributed by atoms with Crippen LogP contribution in [0.5, 0.6) is 0 Å². The van der Waals surface area contributed by atoms with Crippen LogP contribution in [0.4, 0.5) is 10.7 Å². The van der Waals surface area contributed by atoms with Crippen molar-refractivity contribution in [3.05, 3.63) is 77.1 Å². The zero-order valence-electron chi connectivity index (χ0n) is 16.5. The minimum atomic E-state index is -0.639. The van der Waals surface area contributed by atoms with Gasteiger partial charge in [-0.15, -0.1) is 0 Å². The van der Waals surface area contributed by atoms with Crippen molar-refractivity contribution in [1.29, 1.82) is 0 Å². The smallest absolute Gasteiger partial charge is 0.339 e. The molecule has 0 bridgehead atoms. The molecule has 0 unspecified atom stereocenters. The number of carbonyl (C=O) groups is 2. The summed E-state index contributed by atoms with van der Waals surface area (Å²) in [4.78, 5) is 35.1. The highest BCUT2D eigenvalue weighted by molar-refractivity contribution is 6.30. The lowest BCUT2D eigenvalue weighted by atomic mass is 9.84. The maximum Gasteiger partial charge on any atom is 0.339 e. The highest BCUT2D eigenvalue weighted by Gasteiger charge is 2.47. The molecule has 31 heavy (non-hydrogen) atoms. The van der Waals surface area contributed by atoms with Crippen LogP contribution in [0.15, 0.2) is 60.9 Å². The second-order valence-electron chi connectivity index (χ2n) is 7.65. The molecule has 3 aromatic rings. The molecule has 0 aliphatic carbocycles. The first-order chi connectivity index (χ1) is 15.0. The lowest BCUT2D eigenvalue weighted by Crippen LogP contribution is -2.47. The molecule has 0 radical (unpaired) electrons. The number of likely N-dealkylation sites (tertiary alicyclic amines) is 1. The van der Waals surface area contributed by atoms with Gasteiger partial charge in [0.05, 0.1) is 5.56 Å². The number of carbonyl (C=O) groups excluding carboxylic acids is 2. The summed E-state index contributed by atoms with van der Waals surface area (Å²) >= 11 is 6.03. The van der Waals surface area contributed by atoms with Crippen LogP contribution in [0.25, 0.3) is 11.1 Å². The standard InChI is InChI=1S/C23H19ClN4O3/c24-17-5-3-4-15(12-17)16-13-25-21(26-14-16)27-22(30)28-10-8-23(9-11-28)19-7-2-1-6-18(19)20(29)31-23/h1-7,12-14H,8-11H2,(H,25,26,27,30). The third-order valence-electron chi connectivity index (χ3n) is 5.81. The Hall–Kier alpha value is -3.45. The Morgan fingerprint density at radius 3 is 2.52 bits per heavy atom. The zero-order chi connectivity index (χ0) is 21.4. The molecule has 2 aliphatic rings. The van der Waals surface area contributed by atoms with Gasteiger partial charge in [-0.05, 0) is 23.8 Å². The molecule has 3 heterocycles. The number of hydrogen-bond acceptors (Lipinski definition) is 5. The molecule has 5 rings (SSSR count). The molecule has 1 saturated heterocycles. The Morgan fingerprint density at radius 1 is 1.03 bits per heavy atom. The van der Waals surface area contributed by atoms with Crippen LogP contribution in [-0.4, -0.2) is 40.0 Å². The number of ether oxygens (including phenoxy) is 1. The third-order valence-corrected chi connectivity index (χ3v) is 6.05. The molecule has 1 N–H and O–H groups in total. The quantitative estimate of drug-likeness (QED) is 0.600. The maximum atomic E-state index is 12.7. The molecule has 1 fully saturated rings. The summed E-state index contributed by atoms with van der Waals surface area (Å²) in [5.74, 6) is -0.0598. The van der Waals surface area contributed by atoms with Gasteiger partial charge in [-0.25, -0.2) is 19.6 Å². The number of benzene rings is 2. The van der Waals surface area contributed by atoms with E-state index in [4.69, 9.17) is 16.3 Å². The SMILES string of the molecule is O=C1OC2(CCN(C(=O)Nc3ncc(-c4cccc(Cl)c4)cn3)CC2)c2ccccc21. The van der Waals surface area contributed by atoms with E-state index < -0.39 is 5.60 Å². The Morgan fingerprint density at radius 2 is 1.77 bits per heavy atom. The van der Waals surface area contributed by atoms with Crippen molar-refractivity contribution >= 4 is 29.5 Å². The topological polar surface area (TPSA) is 84.4 Å². The van der Waals surface area contributed by atoms with E-state index in [-0.39, 0.29) is 17.9 Å². The molecule has 0 atom stereocenters. The summed E-state index contributed by atoms with van der Waals surface area (Å²) in [7, 11) is 0. The largest absolute Gasteiger partial charge is 0.450 e. The number of piperidine rings is 1. The number of nitrogens with zero attached hydrogens (tertiary/aromatic N) is 3. The summed E-state index contributed by atoms with van der Waals surface area (Å²) in [6, 6.07) is 14.6. The second kappa shape index (κ2) is 7.67. The van der Waals surface area contributed by atoms with E-state index in [2.05, 4.69) is 15.3 Å². The van der Waals surface area contributed by atoms with E-state index in [0.717, 1.165) is 16.7 Å². The van der Waals surface area contributed by atoms with Crippen molar-refractivity contribution in [3.63, 3.8) is 0 Å². The third kappa shape index (κ3) is 3.61. The molecular formula is C23H19ClN4O3. The predicted octanol–water partition coefficient (Wildman–Crippen LogP) is 4.49. The van der Waals surface area contributed by atoms with Crippen molar-refractivity contribution < 1.29 is 14.3 Å². The zero-order valence-corrected chi connectivity index (χ0v) is 17.3. The molecule has 1 aromatic heterocycles. The lowest BCUT2D eigenvalue weighted by molar-refractivity contribution is -0.0363. The molecule has 8 heteroatoms. The summed E-state index contributed by atoms with van der Waals surface area (Å²) in [6.07, 6.45) is 4.40. The van der Waals surface area contributed by atoms with Gasteiger partial charge in [-0.3, -0.25) is 5.32 Å². The number of rotatable bonds is 2. The van der Waals surface area contributed by atoms with Gasteiger partial charge in [-0.2, -0.15) is 0 Å². The minimum absolute atomic E-state index is 0.230. The molecule has 2 aliphatic heterocycles. The van der Waals surface area contributed by atoms with E-state index in [1.165, 1.54) is 0 Å². The van der Waals surface area contributed by atoms with Crippen LogP contribution < -0.4 is 5.32 Å². The van der Waals surface area contributed by atoms with E-state index in [0.29, 0.717) is 36.5 Å². The monoisotopic (exact) mass is 434 g/mol. The van der Waals surface area contributed by atoms with Crippen LogP contribution in [0.1, 0.15) is 28.8 Å². The van der Waals surface area contributed by atoms with Crippen molar-refractivity contribution in [2.75, 3.05) is 18.4 Å². The first kappa shape index (κ1) is 19.5. The fraction of sp³-hybridized carbons (Fsp3) is 0.217. The Kier molecular flexibility index (Phi) is 4.82. The maximum absolute atomic E-state index is 12.7. The van der Waals surface area contributed by atoms with Crippen LogP contribution in [0, 0.1) is 0 Å². The van der Waals surface area contributed by atoms with Crippen molar-refractivity contribution in [1.82, 2.24) is 14.9 Å². The Bertz CT molecular complexity index is 1160. The van der Waals surface area contributed by atoms with Gasteiger partial charge in [0.15, 0.2) is 0 Å². The molecule has 2 aromatic carbocycles. The number of hydrogen-bond donors (Lipinski definition) is 1. The van der Waals surface area contributed by atoms with Crippen LogP contribution in [0.3, 0.4) is 0 Å². The number of halogens is 1. The van der Waals surface area contributed by atoms with E-state index in [9.17, 15) is 9.59 Å². The van der Waals surface area contributed by atoms with Gasteiger partial charge >= 0.3 is 12.0 Å². The average molecular weight is 435 g/mol. The van der Waals surface area contributed by atoms with Gasteiger partial charge in [0, 0.05) is 54.5 Å². The first-order valence-electron chi connectivity index (χ1n) is 10.0. The second-order valence-corrected chi connectivity index (χ2v) is 8.09. The number of amides is 2. The summed E-state index contributed by atoms with van der Waals surface area (Å²) in [5.41, 5.74) is 2.60. The molecule has 1 spiro atoms.